The number of anilines is 2. The molecule has 10 nitrogen and oxygen atoms in total. The first-order chi connectivity index (χ1) is 26.8. The summed E-state index contributed by atoms with van der Waals surface area (Å²) in [7, 11) is 0. The number of carbonyl (C=O) groups is 3. The molecule has 0 saturated carbocycles. The summed E-state index contributed by atoms with van der Waals surface area (Å²) in [6, 6.07) is 26.6. The number of nitrogens with one attached hydrogen (secondary N) is 1. The van der Waals surface area contributed by atoms with Crippen LogP contribution in [0.15, 0.2) is 84.9 Å². The van der Waals surface area contributed by atoms with Gasteiger partial charge in [0.2, 0.25) is 11.8 Å². The molecular formula is C44H46FN5O5. The van der Waals surface area contributed by atoms with Crippen LogP contribution < -0.4 is 19.9 Å². The number of nitrogens with zero attached hydrogens (tertiary/aromatic N) is 4. The lowest BCUT2D eigenvalue weighted by Crippen LogP contribution is -2.52. The molecule has 0 radical (unpaired) electrons. The number of phenolic OH excluding ortho intramolecular Hbond substituents is 1. The molecule has 4 aromatic rings. The van der Waals surface area contributed by atoms with Gasteiger partial charge in [0.1, 0.15) is 23.4 Å². The highest BCUT2D eigenvalue weighted by molar-refractivity contribution is 6.05. The highest BCUT2D eigenvalue weighted by Crippen LogP contribution is 2.47. The van der Waals surface area contributed by atoms with Crippen LogP contribution in [0.2, 0.25) is 0 Å². The minimum Gasteiger partial charge on any atom is -0.508 e. The summed E-state index contributed by atoms with van der Waals surface area (Å²) >= 11 is 0. The van der Waals surface area contributed by atoms with Crippen molar-refractivity contribution in [1.82, 2.24) is 15.1 Å². The number of fused-ring (bicyclic) bond motifs is 2. The van der Waals surface area contributed by atoms with Crippen molar-refractivity contribution in [3.8, 4) is 11.5 Å². The van der Waals surface area contributed by atoms with Crippen molar-refractivity contribution in [2.24, 2.45) is 5.92 Å². The van der Waals surface area contributed by atoms with Crippen LogP contribution in [-0.2, 0) is 16.1 Å². The average molecular weight is 744 g/mol. The second-order valence-corrected chi connectivity index (χ2v) is 15.7. The molecular weight excluding hydrogens is 698 g/mol. The number of rotatable bonds is 7. The monoisotopic (exact) mass is 743 g/mol. The van der Waals surface area contributed by atoms with Gasteiger partial charge in [-0.05, 0) is 78.3 Å². The number of imide groups is 1. The SMILES string of the molecule is O=C1CC[C@H](N2Cc3cc(N4CCN(CC5CCN(c6ccc(C7c8ccc(O)cc8OC[C@@H]7c7ccccc7)cc6F)CC5)CC4)ccc3C2=O)C(=O)N1. The van der Waals surface area contributed by atoms with Crippen LogP contribution in [0.5, 0.6) is 11.5 Å². The summed E-state index contributed by atoms with van der Waals surface area (Å²) in [5.41, 5.74) is 6.31. The quantitative estimate of drug-likeness (QED) is 0.235. The van der Waals surface area contributed by atoms with E-state index in [2.05, 4.69) is 44.3 Å². The zero-order valence-electron chi connectivity index (χ0n) is 30.8. The number of benzene rings is 4. The Morgan fingerprint density at radius 2 is 1.60 bits per heavy atom. The highest BCUT2D eigenvalue weighted by Gasteiger charge is 2.40. The van der Waals surface area contributed by atoms with Crippen molar-refractivity contribution in [1.29, 1.82) is 0 Å². The Labute approximate surface area is 320 Å². The smallest absolute Gasteiger partial charge is 0.255 e. The maximum Gasteiger partial charge on any atom is 0.255 e. The van der Waals surface area contributed by atoms with E-state index in [9.17, 15) is 19.5 Å². The molecule has 3 saturated heterocycles. The van der Waals surface area contributed by atoms with Crippen LogP contribution >= 0.6 is 0 Å². The number of phenols is 1. The van der Waals surface area contributed by atoms with Crippen LogP contribution in [0.4, 0.5) is 15.8 Å². The first kappa shape index (κ1) is 35.3. The standard InChI is InChI=1S/C44H46FN5O5/c45-37-23-30(42-35-10-8-33(51)24-40(35)55-27-36(42)29-4-2-1-3-5-29)6-11-38(37)49-16-14-28(15-17-49)25-47-18-20-48(21-19-47)32-7-9-34-31(22-32)26-50(44(34)54)39-12-13-41(52)46-43(39)53/h1-11,22-24,28,36,39,42,51H,12-21,25-27H2,(H,46,52,53)/t36-,39+,42?/m1/s1. The Morgan fingerprint density at radius 3 is 2.36 bits per heavy atom. The van der Waals surface area contributed by atoms with Gasteiger partial charge in [0.05, 0.1) is 12.3 Å². The fraction of sp³-hybridized carbons (Fsp3) is 0.386. The zero-order chi connectivity index (χ0) is 37.6. The van der Waals surface area contributed by atoms with E-state index in [-0.39, 0.29) is 47.5 Å². The lowest BCUT2D eigenvalue weighted by Gasteiger charge is -2.40. The lowest BCUT2D eigenvalue weighted by atomic mass is 9.76. The van der Waals surface area contributed by atoms with Crippen molar-refractivity contribution in [3.05, 3.63) is 119 Å². The number of carbonyl (C=O) groups excluding carboxylic acids is 3. The van der Waals surface area contributed by atoms with Crippen molar-refractivity contribution in [2.75, 3.05) is 62.2 Å². The van der Waals surface area contributed by atoms with Crippen molar-refractivity contribution >= 4 is 29.1 Å². The topological polar surface area (TPSA) is 106 Å². The Hall–Kier alpha value is -5.42. The molecule has 0 bridgehead atoms. The molecule has 3 amide bonds. The number of hydrogen-bond donors (Lipinski definition) is 2. The second kappa shape index (κ2) is 14.7. The molecule has 5 aliphatic heterocycles. The molecule has 55 heavy (non-hydrogen) atoms. The maximum absolute atomic E-state index is 16.1. The van der Waals surface area contributed by atoms with Crippen LogP contribution in [0.25, 0.3) is 0 Å². The number of halogens is 1. The van der Waals surface area contributed by atoms with Gasteiger partial charge in [-0.3, -0.25) is 24.6 Å². The summed E-state index contributed by atoms with van der Waals surface area (Å²) in [6.45, 7) is 7.18. The Morgan fingerprint density at radius 1 is 0.800 bits per heavy atom. The van der Waals surface area contributed by atoms with Crippen molar-refractivity contribution < 1.29 is 28.6 Å². The minimum absolute atomic E-state index is 0.0120. The minimum atomic E-state index is -0.609. The molecule has 9 rings (SSSR count). The molecule has 5 heterocycles. The van der Waals surface area contributed by atoms with Crippen molar-refractivity contribution in [3.63, 3.8) is 0 Å². The van der Waals surface area contributed by atoms with E-state index in [0.717, 1.165) is 86.6 Å². The molecule has 3 fully saturated rings. The van der Waals surface area contributed by atoms with Gasteiger partial charge in [-0.1, -0.05) is 42.5 Å². The van der Waals surface area contributed by atoms with Gasteiger partial charge >= 0.3 is 0 Å². The summed E-state index contributed by atoms with van der Waals surface area (Å²) in [4.78, 5) is 45.9. The van der Waals surface area contributed by atoms with E-state index in [1.807, 2.05) is 42.5 Å². The first-order valence-electron chi connectivity index (χ1n) is 19.6. The summed E-state index contributed by atoms with van der Waals surface area (Å²) in [5.74, 6) is 0.232. The third-order valence-electron chi connectivity index (χ3n) is 12.4. The Bertz CT molecular complexity index is 2110. The van der Waals surface area contributed by atoms with Crippen LogP contribution in [0.1, 0.15) is 70.1 Å². The number of hydrogen-bond acceptors (Lipinski definition) is 8. The third kappa shape index (κ3) is 6.90. The maximum atomic E-state index is 16.1. The van der Waals surface area contributed by atoms with Gasteiger partial charge < -0.3 is 24.5 Å². The van der Waals surface area contributed by atoms with Crippen molar-refractivity contribution in [2.45, 2.75) is 50.1 Å². The molecule has 5 aliphatic rings. The molecule has 0 spiro atoms. The molecule has 2 N–H and O–H groups in total. The Kier molecular flexibility index (Phi) is 9.41. The number of piperazine rings is 1. The normalized spacial score (nSPS) is 23.3. The fourth-order valence-electron chi connectivity index (χ4n) is 9.44. The van der Waals surface area contributed by atoms with Gasteiger partial charge in [0.25, 0.3) is 5.91 Å². The fourth-order valence-corrected chi connectivity index (χ4v) is 9.44. The van der Waals surface area contributed by atoms with E-state index >= 15 is 4.39 Å². The number of piperidine rings is 2. The van der Waals surface area contributed by atoms with Crippen LogP contribution in [0.3, 0.4) is 0 Å². The molecule has 3 atom stereocenters. The molecule has 11 heteroatoms. The van der Waals surface area contributed by atoms with Gasteiger partial charge in [0, 0.05) is 93.5 Å². The Balaban J connectivity index is 0.795. The number of aromatic hydroxyl groups is 1. The van der Waals surface area contributed by atoms with Crippen LogP contribution in [0, 0.1) is 11.7 Å². The highest BCUT2D eigenvalue weighted by atomic mass is 19.1. The van der Waals surface area contributed by atoms with Gasteiger partial charge in [-0.25, -0.2) is 4.39 Å². The van der Waals surface area contributed by atoms with Gasteiger partial charge in [0.15, 0.2) is 0 Å². The molecule has 0 aliphatic carbocycles. The van der Waals surface area contributed by atoms with E-state index in [0.29, 0.717) is 42.5 Å². The second-order valence-electron chi connectivity index (χ2n) is 15.7. The summed E-state index contributed by atoms with van der Waals surface area (Å²) in [5, 5.41) is 12.5. The molecule has 0 aromatic heterocycles. The summed E-state index contributed by atoms with van der Waals surface area (Å²) in [6.07, 6.45) is 2.63. The van der Waals surface area contributed by atoms with Gasteiger partial charge in [-0.15, -0.1) is 0 Å². The predicted molar refractivity (Wildman–Crippen MR) is 207 cm³/mol. The van der Waals surface area contributed by atoms with Crippen LogP contribution in [-0.4, -0.2) is 91.1 Å². The molecule has 4 aromatic carbocycles. The van der Waals surface area contributed by atoms with E-state index in [4.69, 9.17) is 4.74 Å². The van der Waals surface area contributed by atoms with E-state index < -0.39 is 6.04 Å². The molecule has 1 unspecified atom stereocenters. The molecule has 284 valence electrons. The largest absolute Gasteiger partial charge is 0.508 e. The number of amides is 3. The van der Waals surface area contributed by atoms with E-state index in [1.54, 1.807) is 23.1 Å². The van der Waals surface area contributed by atoms with E-state index in [1.165, 1.54) is 0 Å². The number of ether oxygens (including phenoxy) is 1. The predicted octanol–water partition coefficient (Wildman–Crippen LogP) is 5.64. The lowest BCUT2D eigenvalue weighted by molar-refractivity contribution is -0.136. The third-order valence-corrected chi connectivity index (χ3v) is 12.4. The summed E-state index contributed by atoms with van der Waals surface area (Å²) < 4.78 is 22.2. The zero-order valence-corrected chi connectivity index (χ0v) is 30.8. The first-order valence-corrected chi connectivity index (χ1v) is 19.6. The van der Waals surface area contributed by atoms with Gasteiger partial charge in [-0.2, -0.15) is 0 Å². The average Bonchev–Trinajstić information content (AvgIpc) is 3.53.